The second kappa shape index (κ2) is 6.40. The van der Waals surface area contributed by atoms with Crippen molar-refractivity contribution in [2.24, 2.45) is 11.8 Å². The highest BCUT2D eigenvalue weighted by Crippen LogP contribution is 2.48. The molecule has 1 saturated carbocycles. The number of benzene rings is 1. The zero-order chi connectivity index (χ0) is 14.7. The van der Waals surface area contributed by atoms with Gasteiger partial charge in [-0.2, -0.15) is 0 Å². The van der Waals surface area contributed by atoms with Gasteiger partial charge in [-0.05, 0) is 36.3 Å². The number of aliphatic hydroxyl groups is 1. The molecule has 1 amide bonds. The third-order valence-electron chi connectivity index (χ3n) is 4.50. The van der Waals surface area contributed by atoms with Crippen molar-refractivity contribution < 1.29 is 9.90 Å². The first-order valence-electron chi connectivity index (χ1n) is 7.55. The molecule has 1 aliphatic carbocycles. The van der Waals surface area contributed by atoms with E-state index >= 15 is 0 Å². The number of nitrogens with one attached hydrogen (secondary N) is 1. The molecule has 3 heteroatoms. The highest BCUT2D eigenvalue weighted by atomic mass is 16.3. The maximum atomic E-state index is 12.1. The van der Waals surface area contributed by atoms with Gasteiger partial charge < -0.3 is 10.4 Å². The molecular weight excluding hydrogens is 250 g/mol. The average Bonchev–Trinajstić information content (AvgIpc) is 3.24. The minimum Gasteiger partial charge on any atom is -0.391 e. The Labute approximate surface area is 121 Å². The van der Waals surface area contributed by atoms with E-state index in [1.165, 1.54) is 11.1 Å². The smallest absolute Gasteiger partial charge is 0.223 e. The molecule has 0 bridgehead atoms. The van der Waals surface area contributed by atoms with Crippen molar-refractivity contribution >= 4 is 5.91 Å². The average molecular weight is 275 g/mol. The fourth-order valence-corrected chi connectivity index (χ4v) is 2.64. The molecular formula is C17H25NO2. The summed E-state index contributed by atoms with van der Waals surface area (Å²) in [5.74, 6) is 0.749. The fourth-order valence-electron chi connectivity index (χ4n) is 2.64. The number of amides is 1. The molecule has 4 unspecified atom stereocenters. The van der Waals surface area contributed by atoms with E-state index in [0.29, 0.717) is 12.5 Å². The van der Waals surface area contributed by atoms with Gasteiger partial charge in [0.25, 0.3) is 0 Å². The van der Waals surface area contributed by atoms with Gasteiger partial charge in [0, 0.05) is 12.5 Å². The molecule has 1 fully saturated rings. The third-order valence-corrected chi connectivity index (χ3v) is 4.50. The molecule has 110 valence electrons. The zero-order valence-electron chi connectivity index (χ0n) is 12.6. The summed E-state index contributed by atoms with van der Waals surface area (Å²) in [4.78, 5) is 12.1. The van der Waals surface area contributed by atoms with Gasteiger partial charge in [0.2, 0.25) is 5.91 Å². The Kier molecular flexibility index (Phi) is 4.81. The number of carbonyl (C=O) groups excluding carboxylic acids is 1. The van der Waals surface area contributed by atoms with Crippen molar-refractivity contribution in [3.8, 4) is 0 Å². The van der Waals surface area contributed by atoms with Crippen LogP contribution in [0.4, 0.5) is 0 Å². The highest BCUT2D eigenvalue weighted by Gasteiger charge is 2.44. The van der Waals surface area contributed by atoms with Crippen LogP contribution < -0.4 is 5.32 Å². The fraction of sp³-hybridized carbons (Fsp3) is 0.588. The molecule has 1 aliphatic rings. The molecule has 4 atom stereocenters. The lowest BCUT2D eigenvalue weighted by molar-refractivity contribution is -0.123. The van der Waals surface area contributed by atoms with E-state index in [1.807, 2.05) is 26.0 Å². The minimum absolute atomic E-state index is 0.0835. The molecule has 0 aromatic heterocycles. The second-order valence-electron chi connectivity index (χ2n) is 6.00. The lowest BCUT2D eigenvalue weighted by Crippen LogP contribution is -2.36. The molecule has 2 N–H and O–H groups in total. The Morgan fingerprint density at radius 1 is 1.45 bits per heavy atom. The van der Waals surface area contributed by atoms with Crippen LogP contribution >= 0.6 is 0 Å². The van der Waals surface area contributed by atoms with E-state index in [1.54, 1.807) is 0 Å². The van der Waals surface area contributed by atoms with Crippen molar-refractivity contribution in [3.63, 3.8) is 0 Å². The number of hydrogen-bond donors (Lipinski definition) is 2. The summed E-state index contributed by atoms with van der Waals surface area (Å²) in [6.07, 6.45) is 1.40. The van der Waals surface area contributed by atoms with Crippen LogP contribution in [0.1, 0.15) is 43.7 Å². The normalized spacial score (nSPS) is 24.0. The predicted molar refractivity (Wildman–Crippen MR) is 80.5 cm³/mol. The van der Waals surface area contributed by atoms with E-state index in [0.717, 1.165) is 12.8 Å². The Hall–Kier alpha value is -1.35. The topological polar surface area (TPSA) is 49.3 Å². The lowest BCUT2D eigenvalue weighted by Gasteiger charge is -2.17. The maximum Gasteiger partial charge on any atom is 0.223 e. The Balaban J connectivity index is 1.83. The van der Waals surface area contributed by atoms with Crippen LogP contribution in [0.5, 0.6) is 0 Å². The molecule has 1 aromatic carbocycles. The van der Waals surface area contributed by atoms with Gasteiger partial charge in [0.1, 0.15) is 0 Å². The van der Waals surface area contributed by atoms with Gasteiger partial charge in [0.15, 0.2) is 0 Å². The van der Waals surface area contributed by atoms with Crippen LogP contribution in [-0.4, -0.2) is 23.7 Å². The molecule has 0 saturated heterocycles. The van der Waals surface area contributed by atoms with E-state index in [9.17, 15) is 9.90 Å². The van der Waals surface area contributed by atoms with Crippen molar-refractivity contribution in [1.29, 1.82) is 0 Å². The van der Waals surface area contributed by atoms with Gasteiger partial charge >= 0.3 is 0 Å². The summed E-state index contributed by atoms with van der Waals surface area (Å²) in [6.45, 7) is 6.51. The number of carbonyl (C=O) groups is 1. The maximum absolute atomic E-state index is 12.1. The molecule has 2 rings (SSSR count). The minimum atomic E-state index is -0.445. The zero-order valence-corrected chi connectivity index (χ0v) is 12.6. The van der Waals surface area contributed by atoms with Crippen LogP contribution in [0.2, 0.25) is 0 Å². The lowest BCUT2D eigenvalue weighted by atomic mass is 10.0. The van der Waals surface area contributed by atoms with E-state index in [2.05, 4.69) is 24.4 Å². The second-order valence-corrected chi connectivity index (χ2v) is 6.00. The Morgan fingerprint density at radius 2 is 2.15 bits per heavy atom. The molecule has 0 aliphatic heterocycles. The SMILES string of the molecule is CCC(C)C(O)CNC(=O)C1CC1c1ccccc1C. The first kappa shape index (κ1) is 15.0. The Bertz CT molecular complexity index is 472. The van der Waals surface area contributed by atoms with Gasteiger partial charge in [-0.25, -0.2) is 0 Å². The van der Waals surface area contributed by atoms with Crippen molar-refractivity contribution in [2.75, 3.05) is 6.54 Å². The molecule has 0 spiro atoms. The monoisotopic (exact) mass is 275 g/mol. The predicted octanol–water partition coefficient (Wildman–Crippen LogP) is 2.62. The van der Waals surface area contributed by atoms with Crippen LogP contribution in [0.25, 0.3) is 0 Å². The molecule has 0 radical (unpaired) electrons. The van der Waals surface area contributed by atoms with Gasteiger partial charge in [-0.1, -0.05) is 44.5 Å². The van der Waals surface area contributed by atoms with Gasteiger partial charge in [0.05, 0.1) is 6.10 Å². The third kappa shape index (κ3) is 3.40. The summed E-state index contributed by atoms with van der Waals surface area (Å²) in [5.41, 5.74) is 2.54. The van der Waals surface area contributed by atoms with Crippen LogP contribution in [0.3, 0.4) is 0 Å². The number of aryl methyl sites for hydroxylation is 1. The Morgan fingerprint density at radius 3 is 2.80 bits per heavy atom. The summed E-state index contributed by atoms with van der Waals surface area (Å²) in [6, 6.07) is 8.26. The van der Waals surface area contributed by atoms with Crippen molar-refractivity contribution in [1.82, 2.24) is 5.32 Å². The highest BCUT2D eigenvalue weighted by molar-refractivity contribution is 5.83. The molecule has 0 heterocycles. The molecule has 3 nitrogen and oxygen atoms in total. The first-order chi connectivity index (χ1) is 9.54. The summed E-state index contributed by atoms with van der Waals surface area (Å²) >= 11 is 0. The van der Waals surface area contributed by atoms with Crippen LogP contribution in [-0.2, 0) is 4.79 Å². The van der Waals surface area contributed by atoms with Crippen molar-refractivity contribution in [3.05, 3.63) is 35.4 Å². The standard InChI is InChI=1S/C17H25NO2/c1-4-11(2)16(19)10-18-17(20)15-9-14(15)13-8-6-5-7-12(13)3/h5-8,11,14-16,19H,4,9-10H2,1-3H3,(H,18,20). The van der Waals surface area contributed by atoms with Crippen LogP contribution in [0, 0.1) is 18.8 Å². The largest absolute Gasteiger partial charge is 0.391 e. The quantitative estimate of drug-likeness (QED) is 0.838. The number of aliphatic hydroxyl groups excluding tert-OH is 1. The number of rotatable bonds is 6. The van der Waals surface area contributed by atoms with E-state index in [4.69, 9.17) is 0 Å². The van der Waals surface area contributed by atoms with E-state index in [-0.39, 0.29) is 17.7 Å². The number of hydrogen-bond acceptors (Lipinski definition) is 2. The molecule has 1 aromatic rings. The molecule has 20 heavy (non-hydrogen) atoms. The van der Waals surface area contributed by atoms with E-state index < -0.39 is 6.10 Å². The van der Waals surface area contributed by atoms with Crippen LogP contribution in [0.15, 0.2) is 24.3 Å². The van der Waals surface area contributed by atoms with Crippen molar-refractivity contribution in [2.45, 2.75) is 45.6 Å². The summed E-state index contributed by atoms with van der Waals surface area (Å²) in [5, 5.41) is 12.8. The van der Waals surface area contributed by atoms with Gasteiger partial charge in [-0.15, -0.1) is 0 Å². The first-order valence-corrected chi connectivity index (χ1v) is 7.55. The van der Waals surface area contributed by atoms with Gasteiger partial charge in [-0.3, -0.25) is 4.79 Å². The summed E-state index contributed by atoms with van der Waals surface area (Å²) in [7, 11) is 0. The summed E-state index contributed by atoms with van der Waals surface area (Å²) < 4.78 is 0.